The summed E-state index contributed by atoms with van der Waals surface area (Å²) in [7, 11) is 3.30. The number of para-hydroxylation sites is 1. The lowest BCUT2D eigenvalue weighted by molar-refractivity contribution is 0.0953. The highest BCUT2D eigenvalue weighted by atomic mass is 16.5. The van der Waals surface area contributed by atoms with E-state index in [-0.39, 0.29) is 5.91 Å². The second kappa shape index (κ2) is 8.83. The number of nitrogens with one attached hydrogen (secondary N) is 1. The lowest BCUT2D eigenvalue weighted by atomic mass is 10.1. The highest BCUT2D eigenvalue weighted by Crippen LogP contribution is 2.19. The van der Waals surface area contributed by atoms with Crippen molar-refractivity contribution >= 4 is 5.91 Å². The van der Waals surface area contributed by atoms with Crippen molar-refractivity contribution in [3.63, 3.8) is 0 Å². The van der Waals surface area contributed by atoms with Crippen molar-refractivity contribution < 1.29 is 14.3 Å². The second-order valence-corrected chi connectivity index (χ2v) is 5.25. The van der Waals surface area contributed by atoms with Crippen LogP contribution in [0.25, 0.3) is 0 Å². The van der Waals surface area contributed by atoms with Gasteiger partial charge in [-0.05, 0) is 55.2 Å². The fourth-order valence-electron chi connectivity index (χ4n) is 2.40. The van der Waals surface area contributed by atoms with Crippen molar-refractivity contribution in [2.24, 2.45) is 0 Å². The first-order valence-corrected chi connectivity index (χ1v) is 7.78. The third kappa shape index (κ3) is 5.02. The van der Waals surface area contributed by atoms with Gasteiger partial charge in [-0.1, -0.05) is 18.2 Å². The van der Waals surface area contributed by atoms with E-state index in [1.54, 1.807) is 38.5 Å². The molecule has 0 atom stereocenters. The summed E-state index contributed by atoms with van der Waals surface area (Å²) in [6.45, 7) is 0.667. The Morgan fingerprint density at radius 3 is 2.39 bits per heavy atom. The van der Waals surface area contributed by atoms with E-state index in [1.165, 1.54) is 5.56 Å². The van der Waals surface area contributed by atoms with Gasteiger partial charge >= 0.3 is 0 Å². The summed E-state index contributed by atoms with van der Waals surface area (Å²) in [5.41, 5.74) is 1.85. The van der Waals surface area contributed by atoms with Crippen LogP contribution in [0, 0.1) is 0 Å². The fraction of sp³-hybridized carbons (Fsp3) is 0.316. The van der Waals surface area contributed by atoms with Crippen LogP contribution in [0.4, 0.5) is 0 Å². The van der Waals surface area contributed by atoms with Crippen molar-refractivity contribution in [1.82, 2.24) is 5.32 Å². The molecule has 0 saturated heterocycles. The Hall–Kier alpha value is -2.49. The Balaban J connectivity index is 1.71. The zero-order chi connectivity index (χ0) is 16.5. The molecule has 23 heavy (non-hydrogen) atoms. The van der Waals surface area contributed by atoms with Crippen LogP contribution in [0.5, 0.6) is 11.5 Å². The van der Waals surface area contributed by atoms with Crippen molar-refractivity contribution in [3.05, 3.63) is 59.7 Å². The minimum absolute atomic E-state index is 0.0510. The monoisotopic (exact) mass is 313 g/mol. The summed E-state index contributed by atoms with van der Waals surface area (Å²) in [4.78, 5) is 12.0. The van der Waals surface area contributed by atoms with Gasteiger partial charge in [-0.15, -0.1) is 0 Å². The Labute approximate surface area is 137 Å². The molecule has 2 aromatic carbocycles. The molecule has 0 heterocycles. The number of unbranched alkanes of at least 4 members (excludes halogenated alkanes) is 1. The van der Waals surface area contributed by atoms with E-state index < -0.39 is 0 Å². The molecule has 0 saturated carbocycles. The number of ether oxygens (including phenoxy) is 2. The number of hydrogen-bond donors (Lipinski definition) is 1. The number of amides is 1. The largest absolute Gasteiger partial charge is 0.497 e. The zero-order valence-electron chi connectivity index (χ0n) is 13.7. The Bertz CT molecular complexity index is 623. The van der Waals surface area contributed by atoms with Crippen LogP contribution in [0.2, 0.25) is 0 Å². The maximum absolute atomic E-state index is 12.0. The van der Waals surface area contributed by atoms with Crippen LogP contribution in [0.15, 0.2) is 48.5 Å². The predicted octanol–water partition coefficient (Wildman–Crippen LogP) is 3.46. The zero-order valence-corrected chi connectivity index (χ0v) is 13.7. The van der Waals surface area contributed by atoms with E-state index in [9.17, 15) is 4.79 Å². The van der Waals surface area contributed by atoms with Gasteiger partial charge < -0.3 is 14.8 Å². The maximum atomic E-state index is 12.0. The number of rotatable bonds is 8. The van der Waals surface area contributed by atoms with Crippen LogP contribution < -0.4 is 14.8 Å². The fourth-order valence-corrected chi connectivity index (χ4v) is 2.40. The first kappa shape index (κ1) is 16.9. The molecule has 0 fully saturated rings. The Morgan fingerprint density at radius 2 is 1.70 bits per heavy atom. The topological polar surface area (TPSA) is 47.6 Å². The normalized spacial score (nSPS) is 10.2. The van der Waals surface area contributed by atoms with Crippen LogP contribution in [0.1, 0.15) is 28.8 Å². The van der Waals surface area contributed by atoms with Gasteiger partial charge in [0.15, 0.2) is 0 Å². The summed E-state index contributed by atoms with van der Waals surface area (Å²) >= 11 is 0. The van der Waals surface area contributed by atoms with Crippen molar-refractivity contribution in [1.29, 1.82) is 0 Å². The SMILES string of the molecule is COc1ccc(C(=O)NCCCCc2ccccc2OC)cc1. The van der Waals surface area contributed by atoms with E-state index in [2.05, 4.69) is 11.4 Å². The third-order valence-corrected chi connectivity index (χ3v) is 3.70. The summed E-state index contributed by atoms with van der Waals surface area (Å²) in [5, 5.41) is 2.94. The van der Waals surface area contributed by atoms with E-state index in [1.807, 2.05) is 18.2 Å². The number of methoxy groups -OCH3 is 2. The lowest BCUT2D eigenvalue weighted by Crippen LogP contribution is -2.24. The molecule has 2 rings (SSSR count). The minimum atomic E-state index is -0.0510. The van der Waals surface area contributed by atoms with Crippen LogP contribution in [-0.2, 0) is 6.42 Å². The van der Waals surface area contributed by atoms with Crippen LogP contribution in [0.3, 0.4) is 0 Å². The molecule has 0 aliphatic rings. The van der Waals surface area contributed by atoms with Gasteiger partial charge in [0.05, 0.1) is 14.2 Å². The quantitative estimate of drug-likeness (QED) is 0.759. The Morgan fingerprint density at radius 1 is 0.957 bits per heavy atom. The number of aryl methyl sites for hydroxylation is 1. The van der Waals surface area contributed by atoms with Crippen molar-refractivity contribution in [2.45, 2.75) is 19.3 Å². The van der Waals surface area contributed by atoms with Crippen LogP contribution >= 0.6 is 0 Å². The van der Waals surface area contributed by atoms with E-state index in [4.69, 9.17) is 9.47 Å². The summed E-state index contributed by atoms with van der Waals surface area (Å²) in [6.07, 6.45) is 2.88. The van der Waals surface area contributed by atoms with E-state index >= 15 is 0 Å². The van der Waals surface area contributed by atoms with Gasteiger partial charge in [0.25, 0.3) is 5.91 Å². The second-order valence-electron chi connectivity index (χ2n) is 5.25. The smallest absolute Gasteiger partial charge is 0.251 e. The van der Waals surface area contributed by atoms with Crippen molar-refractivity contribution in [3.8, 4) is 11.5 Å². The average Bonchev–Trinajstić information content (AvgIpc) is 2.61. The standard InChI is InChI=1S/C19H23NO3/c1-22-17-12-10-16(11-13-17)19(21)20-14-6-5-8-15-7-3-4-9-18(15)23-2/h3-4,7,9-13H,5-6,8,14H2,1-2H3,(H,20,21). The Kier molecular flexibility index (Phi) is 6.48. The molecule has 1 N–H and O–H groups in total. The molecule has 4 nitrogen and oxygen atoms in total. The summed E-state index contributed by atoms with van der Waals surface area (Å²) < 4.78 is 10.4. The number of benzene rings is 2. The number of carbonyl (C=O) groups excluding carboxylic acids is 1. The van der Waals surface area contributed by atoms with E-state index in [0.29, 0.717) is 12.1 Å². The summed E-state index contributed by atoms with van der Waals surface area (Å²) in [6, 6.07) is 15.1. The number of carbonyl (C=O) groups is 1. The maximum Gasteiger partial charge on any atom is 0.251 e. The minimum Gasteiger partial charge on any atom is -0.497 e. The van der Waals surface area contributed by atoms with Crippen molar-refractivity contribution in [2.75, 3.05) is 20.8 Å². The van der Waals surface area contributed by atoms with Gasteiger partial charge in [-0.2, -0.15) is 0 Å². The van der Waals surface area contributed by atoms with E-state index in [0.717, 1.165) is 30.8 Å². The highest BCUT2D eigenvalue weighted by molar-refractivity contribution is 5.94. The molecule has 4 heteroatoms. The molecule has 2 aromatic rings. The molecule has 0 spiro atoms. The number of hydrogen-bond acceptors (Lipinski definition) is 3. The molecule has 0 aromatic heterocycles. The van der Waals surface area contributed by atoms with Gasteiger partial charge in [-0.3, -0.25) is 4.79 Å². The first-order chi connectivity index (χ1) is 11.2. The molecule has 0 aliphatic heterocycles. The van der Waals surface area contributed by atoms with Gasteiger partial charge in [0.2, 0.25) is 0 Å². The lowest BCUT2D eigenvalue weighted by Gasteiger charge is -2.08. The average molecular weight is 313 g/mol. The van der Waals surface area contributed by atoms with Gasteiger partial charge in [0.1, 0.15) is 11.5 Å². The van der Waals surface area contributed by atoms with Crippen LogP contribution in [-0.4, -0.2) is 26.7 Å². The molecular formula is C19H23NO3. The molecule has 0 aliphatic carbocycles. The molecule has 122 valence electrons. The third-order valence-electron chi connectivity index (χ3n) is 3.70. The molecule has 0 unspecified atom stereocenters. The molecule has 0 radical (unpaired) electrons. The molecule has 1 amide bonds. The van der Waals surface area contributed by atoms with Gasteiger partial charge in [-0.25, -0.2) is 0 Å². The first-order valence-electron chi connectivity index (χ1n) is 7.78. The van der Waals surface area contributed by atoms with Gasteiger partial charge in [0, 0.05) is 12.1 Å². The molecule has 0 bridgehead atoms. The highest BCUT2D eigenvalue weighted by Gasteiger charge is 2.05. The molecular weight excluding hydrogens is 290 g/mol. The predicted molar refractivity (Wildman–Crippen MR) is 91.3 cm³/mol. The summed E-state index contributed by atoms with van der Waals surface area (Å²) in [5.74, 6) is 1.62.